The number of nitrogens with two attached hydrogens (primary N) is 1. The van der Waals surface area contributed by atoms with Crippen molar-refractivity contribution in [3.05, 3.63) is 40.9 Å². The number of aromatic nitrogens is 2. The fourth-order valence-corrected chi connectivity index (χ4v) is 3.32. The largest absolute Gasteiger partial charge is 0.320 e. The van der Waals surface area contributed by atoms with Gasteiger partial charge in [0, 0.05) is 5.92 Å². The molecule has 3 N–H and O–H groups in total. The zero-order valence-electron chi connectivity index (χ0n) is 13.8. The molecular weight excluding hydrogens is 308 g/mol. The summed E-state index contributed by atoms with van der Waals surface area (Å²) in [5.41, 5.74) is 7.16. The summed E-state index contributed by atoms with van der Waals surface area (Å²) in [6.45, 7) is 6.11. The maximum atomic E-state index is 12.1. The number of rotatable bonds is 7. The Morgan fingerprint density at radius 2 is 1.91 bits per heavy atom. The molecule has 2 rings (SSSR count). The van der Waals surface area contributed by atoms with Crippen LogP contribution in [-0.4, -0.2) is 22.1 Å². The minimum Gasteiger partial charge on any atom is -0.320 e. The van der Waals surface area contributed by atoms with Gasteiger partial charge in [0.25, 0.3) is 0 Å². The van der Waals surface area contributed by atoms with Crippen LogP contribution in [0.2, 0.25) is 0 Å². The fourth-order valence-electron chi connectivity index (χ4n) is 2.37. The van der Waals surface area contributed by atoms with Crippen molar-refractivity contribution >= 4 is 22.4 Å². The van der Waals surface area contributed by atoms with E-state index < -0.39 is 6.04 Å². The summed E-state index contributed by atoms with van der Waals surface area (Å²) in [5.74, 6) is 0.132. The summed E-state index contributed by atoms with van der Waals surface area (Å²) in [5, 5.41) is 12.6. The van der Waals surface area contributed by atoms with Crippen LogP contribution in [0.5, 0.6) is 0 Å². The van der Waals surface area contributed by atoms with Crippen LogP contribution in [0.1, 0.15) is 50.1 Å². The Morgan fingerprint density at radius 1 is 1.22 bits per heavy atom. The van der Waals surface area contributed by atoms with Crippen LogP contribution in [0.15, 0.2) is 30.3 Å². The van der Waals surface area contributed by atoms with E-state index in [-0.39, 0.29) is 17.7 Å². The lowest BCUT2D eigenvalue weighted by atomic mass is 9.97. The standard InChI is InChI=1S/C17H24N4OS/c1-4-11(3)14(18)15(22)19-17-21-20-16(23-17)13(5-2)12-9-7-6-8-10-12/h6-11,13-14H,4-5,18H2,1-3H3,(H,19,21,22). The van der Waals surface area contributed by atoms with Crippen LogP contribution < -0.4 is 11.1 Å². The lowest BCUT2D eigenvalue weighted by Gasteiger charge is -2.16. The van der Waals surface area contributed by atoms with Crippen LogP contribution in [0, 0.1) is 5.92 Å². The maximum absolute atomic E-state index is 12.1. The first-order chi connectivity index (χ1) is 11.1. The number of nitrogens with zero attached hydrogens (tertiary/aromatic N) is 2. The molecule has 1 aromatic carbocycles. The molecular formula is C17H24N4OS. The first-order valence-corrected chi connectivity index (χ1v) is 8.83. The summed E-state index contributed by atoms with van der Waals surface area (Å²) >= 11 is 1.42. The SMILES string of the molecule is CCC(c1ccccc1)c1nnc(NC(=O)C(N)C(C)CC)s1. The Hall–Kier alpha value is -1.79. The third-order valence-corrected chi connectivity index (χ3v) is 5.09. The Kier molecular flexibility index (Phi) is 6.24. The third-order valence-electron chi connectivity index (χ3n) is 4.14. The van der Waals surface area contributed by atoms with Crippen molar-refractivity contribution in [1.29, 1.82) is 0 Å². The van der Waals surface area contributed by atoms with Crippen molar-refractivity contribution in [2.45, 2.75) is 45.6 Å². The van der Waals surface area contributed by atoms with E-state index in [0.717, 1.165) is 17.8 Å². The summed E-state index contributed by atoms with van der Waals surface area (Å²) < 4.78 is 0. The van der Waals surface area contributed by atoms with Crippen molar-refractivity contribution < 1.29 is 4.79 Å². The normalized spacial score (nSPS) is 15.0. The molecule has 0 spiro atoms. The second-order valence-corrected chi connectivity index (χ2v) is 6.73. The molecule has 0 saturated carbocycles. The Morgan fingerprint density at radius 3 is 2.52 bits per heavy atom. The smallest absolute Gasteiger partial charge is 0.243 e. The number of hydrogen-bond acceptors (Lipinski definition) is 5. The van der Waals surface area contributed by atoms with E-state index in [1.165, 1.54) is 16.9 Å². The molecule has 1 heterocycles. The monoisotopic (exact) mass is 332 g/mol. The van der Waals surface area contributed by atoms with E-state index in [2.05, 4.69) is 34.6 Å². The van der Waals surface area contributed by atoms with Gasteiger partial charge in [-0.05, 0) is 17.9 Å². The number of benzene rings is 1. The summed E-state index contributed by atoms with van der Waals surface area (Å²) in [6, 6.07) is 9.69. The van der Waals surface area contributed by atoms with E-state index in [9.17, 15) is 4.79 Å². The van der Waals surface area contributed by atoms with Crippen LogP contribution in [-0.2, 0) is 4.79 Å². The average molecular weight is 332 g/mol. The van der Waals surface area contributed by atoms with Crippen molar-refractivity contribution in [2.75, 3.05) is 5.32 Å². The van der Waals surface area contributed by atoms with Gasteiger partial charge in [-0.15, -0.1) is 10.2 Å². The van der Waals surface area contributed by atoms with Gasteiger partial charge in [-0.25, -0.2) is 0 Å². The van der Waals surface area contributed by atoms with Crippen LogP contribution in [0.25, 0.3) is 0 Å². The topological polar surface area (TPSA) is 80.9 Å². The number of anilines is 1. The summed E-state index contributed by atoms with van der Waals surface area (Å²) in [7, 11) is 0. The Labute approximate surface area is 141 Å². The lowest BCUT2D eigenvalue weighted by Crippen LogP contribution is -2.40. The van der Waals surface area contributed by atoms with E-state index in [4.69, 9.17) is 5.73 Å². The molecule has 0 aliphatic heterocycles. The number of nitrogens with one attached hydrogen (secondary N) is 1. The molecule has 1 aromatic heterocycles. The quantitative estimate of drug-likeness (QED) is 0.814. The predicted molar refractivity (Wildman–Crippen MR) is 94.5 cm³/mol. The highest BCUT2D eigenvalue weighted by Gasteiger charge is 2.22. The number of carbonyl (C=O) groups is 1. The fraction of sp³-hybridized carbons (Fsp3) is 0.471. The highest BCUT2D eigenvalue weighted by atomic mass is 32.1. The molecule has 23 heavy (non-hydrogen) atoms. The average Bonchev–Trinajstić information content (AvgIpc) is 3.03. The first kappa shape index (κ1) is 17.6. The summed E-state index contributed by atoms with van der Waals surface area (Å²) in [4.78, 5) is 12.1. The van der Waals surface area contributed by atoms with Crippen LogP contribution in [0.3, 0.4) is 0 Å². The molecule has 0 bridgehead atoms. The lowest BCUT2D eigenvalue weighted by molar-refractivity contribution is -0.118. The number of amides is 1. The van der Waals surface area contributed by atoms with E-state index in [0.29, 0.717) is 5.13 Å². The highest BCUT2D eigenvalue weighted by molar-refractivity contribution is 7.15. The zero-order chi connectivity index (χ0) is 16.8. The van der Waals surface area contributed by atoms with Gasteiger partial charge in [-0.3, -0.25) is 10.1 Å². The zero-order valence-corrected chi connectivity index (χ0v) is 14.6. The number of hydrogen-bond donors (Lipinski definition) is 2. The minimum atomic E-state index is -0.525. The van der Waals surface area contributed by atoms with Gasteiger partial charge >= 0.3 is 0 Å². The summed E-state index contributed by atoms with van der Waals surface area (Å²) in [6.07, 6.45) is 1.79. The van der Waals surface area contributed by atoms with Crippen LogP contribution >= 0.6 is 11.3 Å². The van der Waals surface area contributed by atoms with Gasteiger partial charge in [0.2, 0.25) is 11.0 Å². The molecule has 0 saturated heterocycles. The molecule has 0 radical (unpaired) electrons. The number of carbonyl (C=O) groups excluding carboxylic acids is 1. The van der Waals surface area contributed by atoms with Gasteiger partial charge in [0.05, 0.1) is 6.04 Å². The molecule has 2 aromatic rings. The molecule has 1 amide bonds. The molecule has 3 atom stereocenters. The van der Waals surface area contributed by atoms with Gasteiger partial charge in [0.1, 0.15) is 5.01 Å². The van der Waals surface area contributed by atoms with E-state index >= 15 is 0 Å². The van der Waals surface area contributed by atoms with E-state index in [1.54, 1.807) is 0 Å². The third kappa shape index (κ3) is 4.36. The molecule has 3 unspecified atom stereocenters. The van der Waals surface area contributed by atoms with Crippen molar-refractivity contribution in [3.8, 4) is 0 Å². The van der Waals surface area contributed by atoms with Crippen LogP contribution in [0.4, 0.5) is 5.13 Å². The molecule has 0 aliphatic carbocycles. The van der Waals surface area contributed by atoms with Crippen molar-refractivity contribution in [1.82, 2.24) is 10.2 Å². The minimum absolute atomic E-state index is 0.134. The van der Waals surface area contributed by atoms with Gasteiger partial charge in [-0.1, -0.05) is 68.9 Å². The second-order valence-electron chi connectivity index (χ2n) is 5.72. The van der Waals surface area contributed by atoms with Crippen molar-refractivity contribution in [3.63, 3.8) is 0 Å². The Bertz CT molecular complexity index is 629. The molecule has 5 nitrogen and oxygen atoms in total. The second kappa shape index (κ2) is 8.17. The van der Waals surface area contributed by atoms with Gasteiger partial charge in [-0.2, -0.15) is 0 Å². The predicted octanol–water partition coefficient (Wildman–Crippen LogP) is 3.39. The molecule has 0 aliphatic rings. The van der Waals surface area contributed by atoms with Gasteiger partial charge < -0.3 is 5.73 Å². The first-order valence-electron chi connectivity index (χ1n) is 8.01. The molecule has 124 valence electrons. The van der Waals surface area contributed by atoms with E-state index in [1.807, 2.05) is 32.0 Å². The molecule has 0 fully saturated rings. The van der Waals surface area contributed by atoms with Crippen molar-refractivity contribution in [2.24, 2.45) is 11.7 Å². The Balaban J connectivity index is 2.09. The molecule has 6 heteroatoms. The maximum Gasteiger partial charge on any atom is 0.243 e. The van der Waals surface area contributed by atoms with Gasteiger partial charge in [0.15, 0.2) is 0 Å². The highest BCUT2D eigenvalue weighted by Crippen LogP contribution is 2.31.